The van der Waals surface area contributed by atoms with Gasteiger partial charge in [-0.3, -0.25) is 9.59 Å². The van der Waals surface area contributed by atoms with E-state index in [1.807, 2.05) is 0 Å². The molecular weight excluding hydrogens is 224 g/mol. The first-order valence-corrected chi connectivity index (χ1v) is 6.16. The predicted molar refractivity (Wildman–Crippen MR) is 58.1 cm³/mol. The van der Waals surface area contributed by atoms with Crippen molar-refractivity contribution in [2.24, 2.45) is 11.8 Å². The Morgan fingerprint density at radius 3 is 1.76 bits per heavy atom. The van der Waals surface area contributed by atoms with Gasteiger partial charge < -0.3 is 14.2 Å². The van der Waals surface area contributed by atoms with Crippen LogP contribution in [0, 0.1) is 11.8 Å². The molecule has 2 fully saturated rings. The highest BCUT2D eigenvalue weighted by Crippen LogP contribution is 2.43. The number of epoxide rings is 1. The van der Waals surface area contributed by atoms with Gasteiger partial charge in [0.25, 0.3) is 0 Å². The van der Waals surface area contributed by atoms with Crippen LogP contribution in [0.25, 0.3) is 0 Å². The fourth-order valence-electron chi connectivity index (χ4n) is 2.44. The van der Waals surface area contributed by atoms with Gasteiger partial charge in [-0.15, -0.1) is 0 Å². The Morgan fingerprint density at radius 1 is 1.00 bits per heavy atom. The van der Waals surface area contributed by atoms with Crippen molar-refractivity contribution in [1.29, 1.82) is 0 Å². The Kier molecular flexibility index (Phi) is 3.66. The first-order valence-electron chi connectivity index (χ1n) is 6.16. The Balaban J connectivity index is 2.03. The van der Waals surface area contributed by atoms with Crippen molar-refractivity contribution in [2.45, 2.75) is 38.9 Å². The van der Waals surface area contributed by atoms with Crippen LogP contribution in [0.5, 0.6) is 0 Å². The molecular formula is C12H18O5. The zero-order valence-corrected chi connectivity index (χ0v) is 10.2. The molecule has 0 aromatic heterocycles. The summed E-state index contributed by atoms with van der Waals surface area (Å²) in [7, 11) is 0. The van der Waals surface area contributed by atoms with E-state index in [4.69, 9.17) is 14.2 Å². The number of rotatable bonds is 4. The number of ether oxygens (including phenoxy) is 3. The van der Waals surface area contributed by atoms with Gasteiger partial charge in [0, 0.05) is 0 Å². The monoisotopic (exact) mass is 242 g/mol. The molecule has 1 heterocycles. The second kappa shape index (κ2) is 5.04. The summed E-state index contributed by atoms with van der Waals surface area (Å²) in [5.41, 5.74) is 0. The molecule has 0 bridgehead atoms. The van der Waals surface area contributed by atoms with E-state index in [1.165, 1.54) is 0 Å². The van der Waals surface area contributed by atoms with Gasteiger partial charge in [0.2, 0.25) is 0 Å². The molecule has 1 saturated heterocycles. The number of hydrogen-bond donors (Lipinski definition) is 0. The first-order chi connectivity index (χ1) is 8.17. The average Bonchev–Trinajstić information content (AvgIpc) is 3.06. The fourth-order valence-corrected chi connectivity index (χ4v) is 2.44. The second-order valence-electron chi connectivity index (χ2n) is 4.40. The number of hydrogen-bond acceptors (Lipinski definition) is 5. The topological polar surface area (TPSA) is 65.1 Å². The lowest BCUT2D eigenvalue weighted by Gasteiger charge is -2.25. The normalized spacial score (nSPS) is 34.7. The van der Waals surface area contributed by atoms with Crippen LogP contribution in [0.1, 0.15) is 26.7 Å². The molecule has 0 aromatic rings. The minimum atomic E-state index is -0.405. The van der Waals surface area contributed by atoms with Crippen LogP contribution in [-0.2, 0) is 23.8 Å². The molecule has 2 rings (SSSR count). The van der Waals surface area contributed by atoms with Gasteiger partial charge in [-0.05, 0) is 26.7 Å². The predicted octanol–water partition coefficient (Wildman–Crippen LogP) is 0.906. The van der Waals surface area contributed by atoms with E-state index in [-0.39, 0.29) is 24.1 Å². The van der Waals surface area contributed by atoms with Crippen molar-refractivity contribution in [3.63, 3.8) is 0 Å². The zero-order chi connectivity index (χ0) is 12.4. The molecule has 1 aliphatic heterocycles. The maximum Gasteiger partial charge on any atom is 0.309 e. The Morgan fingerprint density at radius 2 is 1.41 bits per heavy atom. The molecule has 4 atom stereocenters. The summed E-state index contributed by atoms with van der Waals surface area (Å²) in [6.45, 7) is 4.19. The van der Waals surface area contributed by atoms with Crippen molar-refractivity contribution in [2.75, 3.05) is 13.2 Å². The molecule has 5 nitrogen and oxygen atoms in total. The molecule has 2 aliphatic rings. The summed E-state index contributed by atoms with van der Waals surface area (Å²) in [6.07, 6.45) is 1.42. The molecule has 1 saturated carbocycles. The lowest BCUT2D eigenvalue weighted by Crippen LogP contribution is -2.37. The maximum atomic E-state index is 11.8. The van der Waals surface area contributed by atoms with Crippen LogP contribution in [0.2, 0.25) is 0 Å². The molecule has 96 valence electrons. The highest BCUT2D eigenvalue weighted by atomic mass is 16.6. The third-order valence-corrected chi connectivity index (χ3v) is 3.32. The van der Waals surface area contributed by atoms with Crippen molar-refractivity contribution < 1.29 is 23.8 Å². The van der Waals surface area contributed by atoms with E-state index < -0.39 is 11.8 Å². The molecule has 0 radical (unpaired) electrons. The molecule has 0 aromatic carbocycles. The summed E-state index contributed by atoms with van der Waals surface area (Å²) >= 11 is 0. The van der Waals surface area contributed by atoms with E-state index in [0.29, 0.717) is 26.1 Å². The van der Waals surface area contributed by atoms with E-state index >= 15 is 0 Å². The van der Waals surface area contributed by atoms with E-state index in [0.717, 1.165) is 0 Å². The van der Waals surface area contributed by atoms with E-state index in [2.05, 4.69) is 0 Å². The quantitative estimate of drug-likeness (QED) is 0.541. The molecule has 17 heavy (non-hydrogen) atoms. The number of fused-ring (bicyclic) bond motifs is 1. The average molecular weight is 242 g/mol. The SMILES string of the molecule is CCOC(=O)[C@H]1CC2OC2C[C@@H]1C(=O)OCC. The van der Waals surface area contributed by atoms with Crippen molar-refractivity contribution in [3.05, 3.63) is 0 Å². The molecule has 1 aliphatic carbocycles. The van der Waals surface area contributed by atoms with Crippen LogP contribution in [-0.4, -0.2) is 37.4 Å². The van der Waals surface area contributed by atoms with E-state index in [1.54, 1.807) is 13.8 Å². The van der Waals surface area contributed by atoms with Crippen LogP contribution >= 0.6 is 0 Å². The van der Waals surface area contributed by atoms with Crippen molar-refractivity contribution in [1.82, 2.24) is 0 Å². The lowest BCUT2D eigenvalue weighted by molar-refractivity contribution is -0.161. The summed E-state index contributed by atoms with van der Waals surface area (Å²) in [5.74, 6) is -1.42. The number of carbonyl (C=O) groups excluding carboxylic acids is 2. The maximum absolute atomic E-state index is 11.8. The van der Waals surface area contributed by atoms with Gasteiger partial charge >= 0.3 is 11.9 Å². The van der Waals surface area contributed by atoms with Crippen molar-refractivity contribution in [3.8, 4) is 0 Å². The highest BCUT2D eigenvalue weighted by Gasteiger charge is 2.53. The van der Waals surface area contributed by atoms with E-state index in [9.17, 15) is 9.59 Å². The smallest absolute Gasteiger partial charge is 0.309 e. The largest absolute Gasteiger partial charge is 0.466 e. The molecule has 0 spiro atoms. The minimum absolute atomic E-state index is 0.134. The minimum Gasteiger partial charge on any atom is -0.466 e. The summed E-state index contributed by atoms with van der Waals surface area (Å²) in [4.78, 5) is 23.6. The van der Waals surface area contributed by atoms with Crippen LogP contribution in [0.4, 0.5) is 0 Å². The molecule has 5 heteroatoms. The standard InChI is InChI=1S/C12H18O5/c1-3-15-11(13)7-5-9-10(17-9)6-8(7)12(14)16-4-2/h7-10H,3-6H2,1-2H3/t7-,8-,9?,10?/m0/s1. The second-order valence-corrected chi connectivity index (χ2v) is 4.40. The van der Waals surface area contributed by atoms with Gasteiger partial charge in [-0.25, -0.2) is 0 Å². The molecule has 2 unspecified atom stereocenters. The Bertz CT molecular complexity index is 284. The third-order valence-electron chi connectivity index (χ3n) is 3.32. The number of esters is 2. The lowest BCUT2D eigenvalue weighted by atomic mass is 9.79. The number of carbonyl (C=O) groups is 2. The molecule has 0 amide bonds. The Hall–Kier alpha value is -1.10. The summed E-state index contributed by atoms with van der Waals surface area (Å²) in [5, 5.41) is 0. The van der Waals surface area contributed by atoms with Gasteiger partial charge in [0.1, 0.15) is 0 Å². The summed E-state index contributed by atoms with van der Waals surface area (Å²) in [6, 6.07) is 0. The van der Waals surface area contributed by atoms with Crippen LogP contribution in [0.3, 0.4) is 0 Å². The van der Waals surface area contributed by atoms with Gasteiger partial charge in [-0.1, -0.05) is 0 Å². The fraction of sp³-hybridized carbons (Fsp3) is 0.833. The van der Waals surface area contributed by atoms with Crippen molar-refractivity contribution >= 4 is 11.9 Å². The van der Waals surface area contributed by atoms with Gasteiger partial charge in [0.05, 0.1) is 37.3 Å². The highest BCUT2D eigenvalue weighted by molar-refractivity contribution is 5.82. The third kappa shape index (κ3) is 2.60. The zero-order valence-electron chi connectivity index (χ0n) is 10.2. The summed E-state index contributed by atoms with van der Waals surface area (Å²) < 4.78 is 15.4. The molecule has 0 N–H and O–H groups in total. The van der Waals surface area contributed by atoms with Crippen LogP contribution in [0.15, 0.2) is 0 Å². The van der Waals surface area contributed by atoms with Gasteiger partial charge in [-0.2, -0.15) is 0 Å². The van der Waals surface area contributed by atoms with Crippen LogP contribution < -0.4 is 0 Å². The first kappa shape index (κ1) is 12.4. The Labute approximate surface area is 100 Å². The van der Waals surface area contributed by atoms with Gasteiger partial charge in [0.15, 0.2) is 0 Å².